The summed E-state index contributed by atoms with van der Waals surface area (Å²) in [4.78, 5) is 4.43. The van der Waals surface area contributed by atoms with Gasteiger partial charge in [-0.15, -0.1) is 0 Å². The topological polar surface area (TPSA) is 43.8 Å². The average Bonchev–Trinajstić information content (AvgIpc) is 2.90. The van der Waals surface area contributed by atoms with Gasteiger partial charge in [-0.3, -0.25) is 0 Å². The molecule has 0 aliphatic heterocycles. The predicted molar refractivity (Wildman–Crippen MR) is 90.3 cm³/mol. The van der Waals surface area contributed by atoms with Gasteiger partial charge in [0.2, 0.25) is 0 Å². The molecule has 5 heteroatoms. The van der Waals surface area contributed by atoms with Crippen molar-refractivity contribution in [1.29, 1.82) is 0 Å². The smallest absolute Gasteiger partial charge is 0.140 e. The Morgan fingerprint density at radius 2 is 2.05 bits per heavy atom. The molecule has 1 aromatic heterocycles. The third-order valence-electron chi connectivity index (χ3n) is 3.22. The van der Waals surface area contributed by atoms with Gasteiger partial charge < -0.3 is 10.3 Å². The van der Waals surface area contributed by atoms with Crippen molar-refractivity contribution in [3.05, 3.63) is 69.9 Å². The highest BCUT2D eigenvalue weighted by Crippen LogP contribution is 2.25. The fraction of sp³-hybridized carbons (Fsp3) is 0.0625. The van der Waals surface area contributed by atoms with E-state index in [2.05, 4.69) is 25.5 Å². The summed E-state index contributed by atoms with van der Waals surface area (Å²) in [5, 5.41) is 0.733. The number of halogens is 2. The first-order valence-electron chi connectivity index (χ1n) is 6.44. The van der Waals surface area contributed by atoms with Gasteiger partial charge >= 0.3 is 0 Å². The van der Waals surface area contributed by atoms with Crippen molar-refractivity contribution >= 4 is 33.2 Å². The molecule has 0 bridgehead atoms. The van der Waals surface area contributed by atoms with Crippen molar-refractivity contribution in [2.75, 3.05) is 5.73 Å². The molecule has 0 radical (unpaired) electrons. The number of imidazole rings is 1. The van der Waals surface area contributed by atoms with E-state index in [-0.39, 0.29) is 0 Å². The van der Waals surface area contributed by atoms with Gasteiger partial charge in [0.25, 0.3) is 0 Å². The van der Waals surface area contributed by atoms with E-state index in [0.29, 0.717) is 6.54 Å². The van der Waals surface area contributed by atoms with Crippen LogP contribution in [0.4, 0.5) is 5.69 Å². The van der Waals surface area contributed by atoms with Gasteiger partial charge in [-0.1, -0.05) is 45.7 Å². The van der Waals surface area contributed by atoms with Crippen molar-refractivity contribution in [2.45, 2.75) is 6.54 Å². The van der Waals surface area contributed by atoms with Crippen molar-refractivity contribution < 1.29 is 0 Å². The van der Waals surface area contributed by atoms with Gasteiger partial charge in [-0.05, 0) is 29.8 Å². The molecular formula is C16H13BrClN3. The maximum Gasteiger partial charge on any atom is 0.140 e. The van der Waals surface area contributed by atoms with Crippen LogP contribution >= 0.6 is 27.5 Å². The van der Waals surface area contributed by atoms with Crippen molar-refractivity contribution in [1.82, 2.24) is 9.55 Å². The molecule has 0 aliphatic rings. The molecule has 3 nitrogen and oxygen atoms in total. The van der Waals surface area contributed by atoms with Crippen LogP contribution in [0.15, 0.2) is 59.3 Å². The van der Waals surface area contributed by atoms with Crippen LogP contribution in [0.3, 0.4) is 0 Å². The Kier molecular flexibility index (Phi) is 3.99. The van der Waals surface area contributed by atoms with Crippen LogP contribution < -0.4 is 5.73 Å². The van der Waals surface area contributed by atoms with Crippen LogP contribution in [0.25, 0.3) is 11.4 Å². The SMILES string of the molecule is Nc1cccc(-c2nccn2Cc2ccc(Br)cc2Cl)c1. The second-order valence-electron chi connectivity index (χ2n) is 4.74. The number of anilines is 1. The van der Waals surface area contributed by atoms with E-state index in [9.17, 15) is 0 Å². The molecule has 0 aliphatic carbocycles. The molecule has 3 aromatic rings. The fourth-order valence-corrected chi connectivity index (χ4v) is 2.94. The van der Waals surface area contributed by atoms with E-state index >= 15 is 0 Å². The van der Waals surface area contributed by atoms with Crippen molar-refractivity contribution in [2.24, 2.45) is 0 Å². The molecule has 2 aromatic carbocycles. The Hall–Kier alpha value is -1.78. The molecule has 0 saturated heterocycles. The molecule has 3 rings (SSSR count). The Morgan fingerprint density at radius 1 is 1.19 bits per heavy atom. The lowest BCUT2D eigenvalue weighted by molar-refractivity contribution is 0.807. The molecule has 0 saturated carbocycles. The van der Waals surface area contributed by atoms with Crippen molar-refractivity contribution in [3.8, 4) is 11.4 Å². The number of nitrogen functional groups attached to an aromatic ring is 1. The van der Waals surface area contributed by atoms with E-state index in [0.717, 1.165) is 32.1 Å². The maximum atomic E-state index is 6.29. The lowest BCUT2D eigenvalue weighted by Gasteiger charge is -2.10. The van der Waals surface area contributed by atoms with Crippen LogP contribution in [0.1, 0.15) is 5.56 Å². The number of benzene rings is 2. The third kappa shape index (κ3) is 3.12. The lowest BCUT2D eigenvalue weighted by Crippen LogP contribution is -2.02. The van der Waals surface area contributed by atoms with E-state index in [1.807, 2.05) is 48.7 Å². The van der Waals surface area contributed by atoms with Gasteiger partial charge in [0.15, 0.2) is 0 Å². The fourth-order valence-electron chi connectivity index (χ4n) is 2.21. The maximum absolute atomic E-state index is 6.29. The number of rotatable bonds is 3. The number of nitrogens with zero attached hydrogens (tertiary/aromatic N) is 2. The van der Waals surface area contributed by atoms with Crippen LogP contribution in [0.5, 0.6) is 0 Å². The molecule has 0 amide bonds. The zero-order valence-electron chi connectivity index (χ0n) is 11.1. The molecule has 106 valence electrons. The highest BCUT2D eigenvalue weighted by Gasteiger charge is 2.08. The number of hydrogen-bond acceptors (Lipinski definition) is 2. The summed E-state index contributed by atoms with van der Waals surface area (Å²) >= 11 is 9.70. The zero-order valence-corrected chi connectivity index (χ0v) is 13.5. The summed E-state index contributed by atoms with van der Waals surface area (Å²) in [6.07, 6.45) is 3.72. The number of nitrogens with two attached hydrogens (primary N) is 1. The Balaban J connectivity index is 1.96. The monoisotopic (exact) mass is 361 g/mol. The predicted octanol–water partition coefficient (Wildman–Crippen LogP) is 4.60. The second-order valence-corrected chi connectivity index (χ2v) is 6.06. The van der Waals surface area contributed by atoms with E-state index in [1.165, 1.54) is 0 Å². The molecule has 21 heavy (non-hydrogen) atoms. The van der Waals surface area contributed by atoms with E-state index in [4.69, 9.17) is 17.3 Å². The minimum atomic E-state index is 0.663. The van der Waals surface area contributed by atoms with Crippen LogP contribution in [0.2, 0.25) is 5.02 Å². The Bertz CT molecular complexity index is 783. The first kappa shape index (κ1) is 14.2. The summed E-state index contributed by atoms with van der Waals surface area (Å²) in [6.45, 7) is 0.663. The first-order valence-corrected chi connectivity index (χ1v) is 7.61. The molecule has 0 fully saturated rings. The second kappa shape index (κ2) is 5.92. The zero-order chi connectivity index (χ0) is 14.8. The summed E-state index contributed by atoms with van der Waals surface area (Å²) < 4.78 is 3.03. The average molecular weight is 363 g/mol. The van der Waals surface area contributed by atoms with Gasteiger partial charge in [0, 0.05) is 33.1 Å². The van der Waals surface area contributed by atoms with Gasteiger partial charge in [-0.25, -0.2) is 4.98 Å². The molecular weight excluding hydrogens is 350 g/mol. The number of aromatic nitrogens is 2. The van der Waals surface area contributed by atoms with Crippen LogP contribution in [-0.4, -0.2) is 9.55 Å². The normalized spacial score (nSPS) is 10.8. The highest BCUT2D eigenvalue weighted by atomic mass is 79.9. The van der Waals surface area contributed by atoms with Gasteiger partial charge in [0.1, 0.15) is 5.82 Å². The Labute approximate surface area is 136 Å². The molecule has 2 N–H and O–H groups in total. The highest BCUT2D eigenvalue weighted by molar-refractivity contribution is 9.10. The number of hydrogen-bond donors (Lipinski definition) is 1. The summed E-state index contributed by atoms with van der Waals surface area (Å²) in [7, 11) is 0. The standard InChI is InChI=1S/C16H13BrClN3/c17-13-5-4-12(15(18)9-13)10-21-7-6-20-16(21)11-2-1-3-14(19)8-11/h1-9H,10,19H2. The quantitative estimate of drug-likeness (QED) is 0.692. The van der Waals surface area contributed by atoms with Crippen LogP contribution in [-0.2, 0) is 6.54 Å². The minimum absolute atomic E-state index is 0.663. The molecule has 0 spiro atoms. The molecule has 1 heterocycles. The summed E-state index contributed by atoms with van der Waals surface area (Å²) in [5.41, 5.74) is 8.61. The third-order valence-corrected chi connectivity index (χ3v) is 4.06. The Morgan fingerprint density at radius 3 is 2.81 bits per heavy atom. The summed E-state index contributed by atoms with van der Waals surface area (Å²) in [5.74, 6) is 0.876. The molecule has 0 unspecified atom stereocenters. The summed E-state index contributed by atoms with van der Waals surface area (Å²) in [6, 6.07) is 13.6. The van der Waals surface area contributed by atoms with E-state index in [1.54, 1.807) is 6.20 Å². The first-order chi connectivity index (χ1) is 10.1. The van der Waals surface area contributed by atoms with Gasteiger partial charge in [-0.2, -0.15) is 0 Å². The van der Waals surface area contributed by atoms with Crippen molar-refractivity contribution in [3.63, 3.8) is 0 Å². The minimum Gasteiger partial charge on any atom is -0.399 e. The lowest BCUT2D eigenvalue weighted by atomic mass is 10.2. The van der Waals surface area contributed by atoms with Crippen LogP contribution in [0, 0.1) is 0 Å². The molecule has 0 atom stereocenters. The van der Waals surface area contributed by atoms with E-state index < -0.39 is 0 Å². The largest absolute Gasteiger partial charge is 0.399 e. The van der Waals surface area contributed by atoms with Gasteiger partial charge in [0.05, 0.1) is 6.54 Å².